The number of nitrogens with zero attached hydrogens (tertiary/aromatic N) is 3. The third-order valence-electron chi connectivity index (χ3n) is 4.56. The van der Waals surface area contributed by atoms with E-state index in [4.69, 9.17) is 11.2 Å². The number of hydrogen-bond acceptors (Lipinski definition) is 6. The maximum absolute atomic E-state index is 10.9. The second-order valence-corrected chi connectivity index (χ2v) is 7.20. The lowest BCUT2D eigenvalue weighted by Crippen LogP contribution is -2.54. The van der Waals surface area contributed by atoms with Crippen LogP contribution in [0.4, 0.5) is 0 Å². The number of ether oxygens (including phenoxy) is 1. The highest BCUT2D eigenvalue weighted by Crippen LogP contribution is 2.34. The lowest BCUT2D eigenvalue weighted by atomic mass is 9.88. The summed E-state index contributed by atoms with van der Waals surface area (Å²) in [4.78, 5) is 9.12. The summed E-state index contributed by atoms with van der Waals surface area (Å²) < 4.78 is 5.25. The van der Waals surface area contributed by atoms with E-state index in [-0.39, 0.29) is 0 Å². The second kappa shape index (κ2) is 6.65. The van der Waals surface area contributed by atoms with E-state index in [1.54, 1.807) is 11.3 Å². The van der Waals surface area contributed by atoms with Crippen LogP contribution in [0.15, 0.2) is 5.38 Å². The van der Waals surface area contributed by atoms with Gasteiger partial charge in [-0.25, -0.2) is 4.98 Å². The van der Waals surface area contributed by atoms with E-state index >= 15 is 0 Å². The van der Waals surface area contributed by atoms with Crippen LogP contribution >= 0.6 is 11.3 Å². The molecular formula is C16H23N3O2S. The van der Waals surface area contributed by atoms with Crippen LogP contribution in [0.5, 0.6) is 0 Å². The fraction of sp³-hybridized carbons (Fsp3) is 0.688. The van der Waals surface area contributed by atoms with Crippen LogP contribution in [0.2, 0.25) is 0 Å². The molecule has 0 amide bonds. The van der Waals surface area contributed by atoms with Crippen LogP contribution in [0.3, 0.4) is 0 Å². The van der Waals surface area contributed by atoms with E-state index < -0.39 is 5.60 Å². The monoisotopic (exact) mass is 321 g/mol. The Labute approximate surface area is 135 Å². The average molecular weight is 321 g/mol. The predicted molar refractivity (Wildman–Crippen MR) is 86.6 cm³/mol. The van der Waals surface area contributed by atoms with Crippen molar-refractivity contribution >= 4 is 11.3 Å². The zero-order chi connectivity index (χ0) is 15.6. The Bertz CT molecular complexity index is 542. The quantitative estimate of drug-likeness (QED) is 0.816. The van der Waals surface area contributed by atoms with Gasteiger partial charge in [-0.2, -0.15) is 0 Å². The number of aliphatic hydroxyl groups is 1. The van der Waals surface area contributed by atoms with Gasteiger partial charge in [0.25, 0.3) is 0 Å². The first-order valence-electron chi connectivity index (χ1n) is 7.72. The standard InChI is InChI=1S/C16H23N3O2S/c1-3-6-18(2)9-15-17-14(12-22-15)16(20)4-7-19(8-5-16)13-10-21-11-13/h1,12-13,20H,4-11H2,2H3. The Morgan fingerprint density at radius 3 is 2.86 bits per heavy atom. The molecule has 2 aliphatic rings. The Morgan fingerprint density at radius 1 is 1.55 bits per heavy atom. The molecule has 1 N–H and O–H groups in total. The molecule has 0 atom stereocenters. The van der Waals surface area contributed by atoms with Crippen molar-refractivity contribution in [1.82, 2.24) is 14.8 Å². The molecule has 0 unspecified atom stereocenters. The molecule has 0 bridgehead atoms. The highest BCUT2D eigenvalue weighted by atomic mass is 32.1. The largest absolute Gasteiger partial charge is 0.383 e. The Hall–Kier alpha value is -0.970. The molecule has 1 aromatic heterocycles. The molecule has 22 heavy (non-hydrogen) atoms. The summed E-state index contributed by atoms with van der Waals surface area (Å²) in [7, 11) is 1.98. The number of aromatic nitrogens is 1. The molecule has 0 spiro atoms. The topological polar surface area (TPSA) is 48.8 Å². The van der Waals surface area contributed by atoms with Crippen molar-refractivity contribution in [1.29, 1.82) is 0 Å². The number of likely N-dealkylation sites (tertiary alicyclic amines) is 1. The highest BCUT2D eigenvalue weighted by Gasteiger charge is 2.39. The lowest BCUT2D eigenvalue weighted by molar-refractivity contribution is -0.102. The van der Waals surface area contributed by atoms with Crippen LogP contribution in [-0.2, 0) is 16.9 Å². The maximum Gasteiger partial charge on any atom is 0.110 e. The van der Waals surface area contributed by atoms with Crippen molar-refractivity contribution in [3.63, 3.8) is 0 Å². The van der Waals surface area contributed by atoms with E-state index in [2.05, 4.69) is 15.8 Å². The van der Waals surface area contributed by atoms with E-state index in [1.807, 2.05) is 17.3 Å². The first kappa shape index (κ1) is 15.9. The highest BCUT2D eigenvalue weighted by molar-refractivity contribution is 7.09. The normalized spacial score (nSPS) is 22.5. The molecule has 0 radical (unpaired) electrons. The Morgan fingerprint density at radius 2 is 2.27 bits per heavy atom. The van der Waals surface area contributed by atoms with Crippen LogP contribution < -0.4 is 0 Å². The third kappa shape index (κ3) is 3.34. The van der Waals surface area contributed by atoms with Crippen molar-refractivity contribution in [2.45, 2.75) is 31.0 Å². The molecule has 0 saturated carbocycles. The van der Waals surface area contributed by atoms with Gasteiger partial charge >= 0.3 is 0 Å². The van der Waals surface area contributed by atoms with Crippen LogP contribution in [0, 0.1) is 12.3 Å². The molecule has 5 nitrogen and oxygen atoms in total. The van der Waals surface area contributed by atoms with Gasteiger partial charge in [-0.15, -0.1) is 17.8 Å². The molecule has 3 heterocycles. The lowest BCUT2D eigenvalue weighted by Gasteiger charge is -2.43. The van der Waals surface area contributed by atoms with Gasteiger partial charge in [0.1, 0.15) is 10.6 Å². The number of thiazole rings is 1. The van der Waals surface area contributed by atoms with Gasteiger partial charge in [0.2, 0.25) is 0 Å². The fourth-order valence-electron chi connectivity index (χ4n) is 2.99. The van der Waals surface area contributed by atoms with Gasteiger partial charge < -0.3 is 9.84 Å². The summed E-state index contributed by atoms with van der Waals surface area (Å²) in [5.41, 5.74) is 0.0479. The summed E-state index contributed by atoms with van der Waals surface area (Å²) in [6, 6.07) is 0.549. The van der Waals surface area contributed by atoms with Crippen LogP contribution in [0.25, 0.3) is 0 Å². The zero-order valence-electron chi connectivity index (χ0n) is 13.0. The number of piperidine rings is 1. The zero-order valence-corrected chi connectivity index (χ0v) is 13.8. The van der Waals surface area contributed by atoms with E-state index in [1.165, 1.54) is 0 Å². The van der Waals surface area contributed by atoms with Gasteiger partial charge in [0.15, 0.2) is 0 Å². The predicted octanol–water partition coefficient (Wildman–Crippen LogP) is 0.890. The summed E-state index contributed by atoms with van der Waals surface area (Å²) in [6.07, 6.45) is 6.80. The number of rotatable bonds is 5. The SMILES string of the molecule is C#CCN(C)Cc1nc(C2(O)CCN(C3COC3)CC2)cs1. The molecular weight excluding hydrogens is 298 g/mol. The third-order valence-corrected chi connectivity index (χ3v) is 5.39. The molecule has 6 heteroatoms. The minimum atomic E-state index is -0.777. The summed E-state index contributed by atoms with van der Waals surface area (Å²) in [5.74, 6) is 2.63. The molecule has 0 aliphatic carbocycles. The maximum atomic E-state index is 10.9. The molecule has 0 aromatic carbocycles. The summed E-state index contributed by atoms with van der Waals surface area (Å²) in [6.45, 7) is 4.83. The molecule has 2 fully saturated rings. The molecule has 2 saturated heterocycles. The molecule has 1 aromatic rings. The number of hydrogen-bond donors (Lipinski definition) is 1. The molecule has 2 aliphatic heterocycles. The van der Waals surface area contributed by atoms with Crippen molar-refractivity contribution in [2.24, 2.45) is 0 Å². The van der Waals surface area contributed by atoms with Crippen molar-refractivity contribution in [2.75, 3.05) is 39.9 Å². The van der Waals surface area contributed by atoms with Gasteiger partial charge in [-0.05, 0) is 19.9 Å². The smallest absolute Gasteiger partial charge is 0.110 e. The van der Waals surface area contributed by atoms with E-state index in [9.17, 15) is 5.11 Å². The van der Waals surface area contributed by atoms with Crippen molar-refractivity contribution in [3.05, 3.63) is 16.1 Å². The Balaban J connectivity index is 1.59. The van der Waals surface area contributed by atoms with Crippen LogP contribution in [-0.4, -0.2) is 65.8 Å². The van der Waals surface area contributed by atoms with E-state index in [0.29, 0.717) is 12.6 Å². The Kier molecular flexibility index (Phi) is 4.81. The van der Waals surface area contributed by atoms with Crippen molar-refractivity contribution in [3.8, 4) is 12.3 Å². The average Bonchev–Trinajstić information content (AvgIpc) is 2.89. The summed E-state index contributed by atoms with van der Waals surface area (Å²) in [5, 5.41) is 13.9. The van der Waals surface area contributed by atoms with Gasteiger partial charge in [0, 0.05) is 18.5 Å². The molecule has 3 rings (SSSR count). The first-order chi connectivity index (χ1) is 10.6. The van der Waals surface area contributed by atoms with Crippen molar-refractivity contribution < 1.29 is 9.84 Å². The second-order valence-electron chi connectivity index (χ2n) is 6.26. The minimum Gasteiger partial charge on any atom is -0.383 e. The number of terminal acetylenes is 1. The first-order valence-corrected chi connectivity index (χ1v) is 8.60. The fourth-order valence-corrected chi connectivity index (χ4v) is 3.95. The van der Waals surface area contributed by atoms with E-state index in [0.717, 1.165) is 56.4 Å². The van der Waals surface area contributed by atoms with Crippen LogP contribution in [0.1, 0.15) is 23.5 Å². The van der Waals surface area contributed by atoms with Gasteiger partial charge in [-0.1, -0.05) is 5.92 Å². The summed E-state index contributed by atoms with van der Waals surface area (Å²) >= 11 is 1.60. The van der Waals surface area contributed by atoms with Gasteiger partial charge in [-0.3, -0.25) is 9.80 Å². The molecule has 120 valence electrons. The minimum absolute atomic E-state index is 0.549. The van der Waals surface area contributed by atoms with Gasteiger partial charge in [0.05, 0.1) is 38.0 Å².